The van der Waals surface area contributed by atoms with Gasteiger partial charge in [-0.05, 0) is 42.2 Å². The van der Waals surface area contributed by atoms with E-state index in [1.54, 1.807) is 0 Å². The van der Waals surface area contributed by atoms with Crippen molar-refractivity contribution in [2.24, 2.45) is 0 Å². The van der Waals surface area contributed by atoms with E-state index in [1.165, 1.54) is 0 Å². The fourth-order valence-electron chi connectivity index (χ4n) is 2.66. The minimum Gasteiger partial charge on any atom is -0.493 e. The Kier molecular flexibility index (Phi) is 3.55. The molecule has 2 aromatic rings. The van der Waals surface area contributed by atoms with Gasteiger partial charge >= 0.3 is 0 Å². The summed E-state index contributed by atoms with van der Waals surface area (Å²) in [5, 5.41) is 0. The maximum absolute atomic E-state index is 12.6. The van der Waals surface area contributed by atoms with Crippen molar-refractivity contribution in [1.82, 2.24) is 0 Å². The highest BCUT2D eigenvalue weighted by atomic mass is 16.5. The van der Waals surface area contributed by atoms with Crippen molar-refractivity contribution in [2.45, 2.75) is 25.7 Å². The van der Waals surface area contributed by atoms with Crippen molar-refractivity contribution in [2.75, 3.05) is 6.61 Å². The van der Waals surface area contributed by atoms with Gasteiger partial charge in [-0.1, -0.05) is 37.3 Å². The zero-order chi connectivity index (χ0) is 13.9. The number of carbonyl (C=O) groups is 1. The van der Waals surface area contributed by atoms with E-state index in [9.17, 15) is 4.79 Å². The molecule has 1 aliphatic heterocycles. The first-order chi connectivity index (χ1) is 9.75. The highest BCUT2D eigenvalue weighted by molar-refractivity contribution is 6.01. The van der Waals surface area contributed by atoms with E-state index < -0.39 is 0 Å². The molecule has 0 saturated heterocycles. The first-order valence-corrected chi connectivity index (χ1v) is 7.10. The maximum Gasteiger partial charge on any atom is 0.170 e. The topological polar surface area (TPSA) is 26.3 Å². The Morgan fingerprint density at radius 1 is 1.15 bits per heavy atom. The third kappa shape index (κ3) is 2.46. The number of carbonyl (C=O) groups excluding carboxylic acids is 1. The van der Waals surface area contributed by atoms with Crippen LogP contribution in [0, 0.1) is 0 Å². The minimum atomic E-state index is -0.112. The lowest BCUT2D eigenvalue weighted by atomic mass is 9.91. The van der Waals surface area contributed by atoms with E-state index >= 15 is 0 Å². The Hall–Kier alpha value is -2.09. The molecule has 0 radical (unpaired) electrons. The van der Waals surface area contributed by atoms with Crippen LogP contribution in [0.15, 0.2) is 48.5 Å². The van der Waals surface area contributed by atoms with Crippen molar-refractivity contribution < 1.29 is 9.53 Å². The fourth-order valence-corrected chi connectivity index (χ4v) is 2.66. The van der Waals surface area contributed by atoms with Crippen LogP contribution < -0.4 is 4.74 Å². The molecule has 1 unspecified atom stereocenters. The summed E-state index contributed by atoms with van der Waals surface area (Å²) in [7, 11) is 0. The zero-order valence-corrected chi connectivity index (χ0v) is 11.6. The summed E-state index contributed by atoms with van der Waals surface area (Å²) >= 11 is 0. The summed E-state index contributed by atoms with van der Waals surface area (Å²) in [6.45, 7) is 2.74. The van der Waals surface area contributed by atoms with Gasteiger partial charge in [-0.2, -0.15) is 0 Å². The highest BCUT2D eigenvalue weighted by Gasteiger charge is 2.19. The van der Waals surface area contributed by atoms with Crippen molar-refractivity contribution in [3.8, 4) is 5.75 Å². The van der Waals surface area contributed by atoms with E-state index in [0.717, 1.165) is 41.9 Å². The van der Waals surface area contributed by atoms with Crippen molar-refractivity contribution in [1.29, 1.82) is 0 Å². The number of rotatable bonds is 3. The molecule has 2 nitrogen and oxygen atoms in total. The Bertz CT molecular complexity index is 617. The van der Waals surface area contributed by atoms with Crippen LogP contribution in [0.25, 0.3) is 0 Å². The van der Waals surface area contributed by atoms with Crippen LogP contribution in [0.4, 0.5) is 0 Å². The van der Waals surface area contributed by atoms with Gasteiger partial charge in [0.15, 0.2) is 5.78 Å². The standard InChI is InChI=1S/C18H18O2/c1-13(14-6-3-2-4-7-14)18(19)16-9-10-17-15(12-16)8-5-11-20-17/h2-4,6-7,9-10,12-13H,5,8,11H2,1H3. The molecular weight excluding hydrogens is 248 g/mol. The number of ether oxygens (including phenoxy) is 1. The molecule has 1 aliphatic rings. The quantitative estimate of drug-likeness (QED) is 0.785. The molecule has 102 valence electrons. The summed E-state index contributed by atoms with van der Waals surface area (Å²) in [5.74, 6) is 0.989. The van der Waals surface area contributed by atoms with Crippen LogP contribution in [0.1, 0.15) is 40.7 Å². The normalized spacial score (nSPS) is 15.1. The number of aryl methyl sites for hydroxylation is 1. The molecule has 0 bridgehead atoms. The average molecular weight is 266 g/mol. The van der Waals surface area contributed by atoms with E-state index in [0.29, 0.717) is 0 Å². The number of Topliss-reactive ketones (excluding diaryl/α,β-unsaturated/α-hetero) is 1. The van der Waals surface area contributed by atoms with Gasteiger partial charge in [0.1, 0.15) is 5.75 Å². The predicted octanol–water partition coefficient (Wildman–Crippen LogP) is 4.00. The molecule has 1 heterocycles. The number of benzene rings is 2. The molecule has 0 spiro atoms. The molecule has 0 N–H and O–H groups in total. The van der Waals surface area contributed by atoms with E-state index in [4.69, 9.17) is 4.74 Å². The average Bonchev–Trinajstić information content (AvgIpc) is 2.54. The molecule has 20 heavy (non-hydrogen) atoms. The Morgan fingerprint density at radius 2 is 1.95 bits per heavy atom. The summed E-state index contributed by atoms with van der Waals surface area (Å²) in [6, 6.07) is 15.7. The smallest absolute Gasteiger partial charge is 0.170 e. The molecule has 2 heteroatoms. The van der Waals surface area contributed by atoms with E-state index in [2.05, 4.69) is 0 Å². The van der Waals surface area contributed by atoms with E-state index in [-0.39, 0.29) is 11.7 Å². The predicted molar refractivity (Wildman–Crippen MR) is 79.4 cm³/mol. The number of ketones is 1. The van der Waals surface area contributed by atoms with Gasteiger partial charge in [0, 0.05) is 11.5 Å². The molecule has 0 fully saturated rings. The van der Waals surface area contributed by atoms with Crippen LogP contribution in [-0.4, -0.2) is 12.4 Å². The third-order valence-corrected chi connectivity index (χ3v) is 3.89. The molecule has 0 aromatic heterocycles. The fraction of sp³-hybridized carbons (Fsp3) is 0.278. The van der Waals surface area contributed by atoms with Crippen LogP contribution in [-0.2, 0) is 6.42 Å². The van der Waals surface area contributed by atoms with Gasteiger partial charge in [-0.15, -0.1) is 0 Å². The van der Waals surface area contributed by atoms with Crippen LogP contribution in [0.3, 0.4) is 0 Å². The van der Waals surface area contributed by atoms with Gasteiger partial charge in [-0.25, -0.2) is 0 Å². The second kappa shape index (κ2) is 5.49. The first-order valence-electron chi connectivity index (χ1n) is 7.10. The van der Waals surface area contributed by atoms with Crippen LogP contribution in [0.5, 0.6) is 5.75 Å². The Morgan fingerprint density at radius 3 is 2.75 bits per heavy atom. The van der Waals surface area contributed by atoms with Gasteiger partial charge in [0.25, 0.3) is 0 Å². The van der Waals surface area contributed by atoms with Gasteiger partial charge < -0.3 is 4.74 Å². The van der Waals surface area contributed by atoms with Crippen LogP contribution in [0.2, 0.25) is 0 Å². The van der Waals surface area contributed by atoms with Gasteiger partial charge in [0.2, 0.25) is 0 Å². The molecule has 0 aliphatic carbocycles. The number of hydrogen-bond acceptors (Lipinski definition) is 2. The lowest BCUT2D eigenvalue weighted by molar-refractivity contribution is 0.0966. The first kappa shape index (κ1) is 12.9. The summed E-state index contributed by atoms with van der Waals surface area (Å²) in [5.41, 5.74) is 3.00. The van der Waals surface area contributed by atoms with Crippen LogP contribution >= 0.6 is 0 Å². The van der Waals surface area contributed by atoms with Crippen molar-refractivity contribution in [3.05, 3.63) is 65.2 Å². The van der Waals surface area contributed by atoms with Crippen molar-refractivity contribution >= 4 is 5.78 Å². The second-order valence-electron chi connectivity index (χ2n) is 5.27. The summed E-state index contributed by atoms with van der Waals surface area (Å²) < 4.78 is 5.59. The monoisotopic (exact) mass is 266 g/mol. The highest BCUT2D eigenvalue weighted by Crippen LogP contribution is 2.28. The minimum absolute atomic E-state index is 0.112. The molecule has 2 aromatic carbocycles. The zero-order valence-electron chi connectivity index (χ0n) is 11.6. The Balaban J connectivity index is 1.87. The SMILES string of the molecule is CC(C(=O)c1ccc2c(c1)CCCO2)c1ccccc1. The summed E-state index contributed by atoms with van der Waals surface area (Å²) in [4.78, 5) is 12.6. The Labute approximate surface area is 119 Å². The van der Waals surface area contributed by atoms with Gasteiger partial charge in [-0.3, -0.25) is 4.79 Å². The molecule has 0 saturated carbocycles. The number of hydrogen-bond donors (Lipinski definition) is 0. The van der Waals surface area contributed by atoms with E-state index in [1.807, 2.05) is 55.5 Å². The molecule has 3 rings (SSSR count). The largest absolute Gasteiger partial charge is 0.493 e. The number of fused-ring (bicyclic) bond motifs is 1. The van der Waals surface area contributed by atoms with Crippen molar-refractivity contribution in [3.63, 3.8) is 0 Å². The maximum atomic E-state index is 12.6. The molecule has 0 amide bonds. The molecule has 1 atom stereocenters. The summed E-state index contributed by atoms with van der Waals surface area (Å²) in [6.07, 6.45) is 2.02. The second-order valence-corrected chi connectivity index (χ2v) is 5.27. The lowest BCUT2D eigenvalue weighted by Crippen LogP contribution is -2.12. The lowest BCUT2D eigenvalue weighted by Gasteiger charge is -2.18. The van der Waals surface area contributed by atoms with Gasteiger partial charge in [0.05, 0.1) is 6.61 Å². The third-order valence-electron chi connectivity index (χ3n) is 3.89. The molecular formula is C18H18O2.